The number of aromatic nitrogens is 3. The molecule has 0 bridgehead atoms. The molecule has 35 heavy (non-hydrogen) atoms. The molecule has 0 aliphatic rings. The van der Waals surface area contributed by atoms with Gasteiger partial charge in [-0.1, -0.05) is 17.7 Å². The van der Waals surface area contributed by atoms with E-state index in [9.17, 15) is 22.8 Å². The van der Waals surface area contributed by atoms with E-state index in [2.05, 4.69) is 15.3 Å². The van der Waals surface area contributed by atoms with E-state index in [-0.39, 0.29) is 35.4 Å². The average Bonchev–Trinajstić information content (AvgIpc) is 3.44. The van der Waals surface area contributed by atoms with Crippen LogP contribution in [0.4, 0.5) is 19.0 Å². The molecule has 4 rings (SSSR count). The van der Waals surface area contributed by atoms with E-state index in [1.165, 1.54) is 36.6 Å². The summed E-state index contributed by atoms with van der Waals surface area (Å²) < 4.78 is 47.3. The van der Waals surface area contributed by atoms with Crippen molar-refractivity contribution in [2.24, 2.45) is 0 Å². The molecular weight excluding hydrogens is 487 g/mol. The summed E-state index contributed by atoms with van der Waals surface area (Å²) in [4.78, 5) is 34.4. The highest BCUT2D eigenvalue weighted by atomic mass is 35.5. The first-order chi connectivity index (χ1) is 16.6. The number of hydrogen-bond acceptors (Lipinski definition) is 5. The van der Waals surface area contributed by atoms with Crippen molar-refractivity contribution in [1.82, 2.24) is 19.7 Å². The predicted octanol–water partition coefficient (Wildman–Crippen LogP) is 4.75. The molecule has 0 aromatic carbocycles. The molecule has 0 radical (unpaired) electrons. The molecule has 0 saturated heterocycles. The summed E-state index contributed by atoms with van der Waals surface area (Å²) in [6, 6.07) is 5.95. The van der Waals surface area contributed by atoms with Gasteiger partial charge >= 0.3 is 6.18 Å². The number of imidazole rings is 1. The number of nitrogens with zero attached hydrogens (tertiary/aromatic N) is 4. The number of alkyl halides is 3. The maximum Gasteiger partial charge on any atom is 0.420 e. The van der Waals surface area contributed by atoms with Gasteiger partial charge in [-0.05, 0) is 30.7 Å². The van der Waals surface area contributed by atoms with E-state index in [1.807, 2.05) is 0 Å². The summed E-state index contributed by atoms with van der Waals surface area (Å²) in [5, 5.41) is 2.28. The first-order valence-corrected chi connectivity index (χ1v) is 10.7. The van der Waals surface area contributed by atoms with Crippen molar-refractivity contribution in [3.63, 3.8) is 0 Å². The largest absolute Gasteiger partial charge is 0.472 e. The molecule has 2 amide bonds. The van der Waals surface area contributed by atoms with Crippen molar-refractivity contribution in [2.75, 3.05) is 18.0 Å². The maximum atomic E-state index is 13.8. The molecule has 12 heteroatoms. The van der Waals surface area contributed by atoms with Gasteiger partial charge in [0.05, 0.1) is 18.1 Å². The molecule has 0 unspecified atom stereocenters. The van der Waals surface area contributed by atoms with Crippen LogP contribution in [0.3, 0.4) is 0 Å². The van der Waals surface area contributed by atoms with Gasteiger partial charge in [-0.2, -0.15) is 13.2 Å². The molecule has 0 aliphatic heterocycles. The lowest BCUT2D eigenvalue weighted by atomic mass is 10.1. The fourth-order valence-corrected chi connectivity index (χ4v) is 3.85. The zero-order valence-electron chi connectivity index (χ0n) is 18.6. The second kappa shape index (κ2) is 9.41. The number of pyridine rings is 2. The lowest BCUT2D eigenvalue weighted by molar-refractivity contribution is -0.136. The third-order valence-corrected chi connectivity index (χ3v) is 5.64. The summed E-state index contributed by atoms with van der Waals surface area (Å²) >= 11 is 6.29. The number of aryl methyl sites for hydroxylation is 1. The van der Waals surface area contributed by atoms with Crippen molar-refractivity contribution in [3.05, 3.63) is 71.2 Å². The Balaban J connectivity index is 1.61. The molecule has 1 N–H and O–H groups in total. The monoisotopic (exact) mass is 505 g/mol. The van der Waals surface area contributed by atoms with E-state index in [0.29, 0.717) is 11.4 Å². The second-order valence-corrected chi connectivity index (χ2v) is 8.03. The fraction of sp³-hybridized carbons (Fsp3) is 0.217. The van der Waals surface area contributed by atoms with Crippen LogP contribution in [0.25, 0.3) is 16.8 Å². The summed E-state index contributed by atoms with van der Waals surface area (Å²) in [5.74, 6) is -0.618. The van der Waals surface area contributed by atoms with Gasteiger partial charge in [0.2, 0.25) is 5.91 Å². The van der Waals surface area contributed by atoms with Crippen molar-refractivity contribution in [2.45, 2.75) is 20.0 Å². The minimum Gasteiger partial charge on any atom is -0.472 e. The Morgan fingerprint density at radius 2 is 2.03 bits per heavy atom. The highest BCUT2D eigenvalue weighted by molar-refractivity contribution is 6.33. The fourth-order valence-electron chi connectivity index (χ4n) is 3.59. The van der Waals surface area contributed by atoms with Crippen molar-refractivity contribution >= 4 is 34.9 Å². The lowest BCUT2D eigenvalue weighted by Gasteiger charge is -2.21. The summed E-state index contributed by atoms with van der Waals surface area (Å²) in [6.45, 7) is 3.24. The summed E-state index contributed by atoms with van der Waals surface area (Å²) in [7, 11) is 0. The Bertz CT molecular complexity index is 1400. The van der Waals surface area contributed by atoms with Gasteiger partial charge in [-0.3, -0.25) is 18.9 Å². The third kappa shape index (κ3) is 4.85. The van der Waals surface area contributed by atoms with E-state index in [0.717, 1.165) is 16.0 Å². The van der Waals surface area contributed by atoms with Crippen molar-refractivity contribution in [3.8, 4) is 11.1 Å². The van der Waals surface area contributed by atoms with E-state index < -0.39 is 23.3 Å². The minimum atomic E-state index is -4.74. The van der Waals surface area contributed by atoms with Crippen LogP contribution in [0.2, 0.25) is 5.15 Å². The molecule has 182 valence electrons. The normalized spacial score (nSPS) is 11.6. The van der Waals surface area contributed by atoms with E-state index in [4.69, 9.17) is 16.0 Å². The molecular formula is C23H19ClF3N5O3. The van der Waals surface area contributed by atoms with Crippen LogP contribution >= 0.6 is 11.6 Å². The molecule has 8 nitrogen and oxygen atoms in total. The standard InChI is InChI=1S/C23H19ClF3N5O3/c1-13-4-3-6-28-20(13)31(14(2)33)8-7-29-22(34)18-19(24)32-11-16(15-5-9-35-12-15)10-17(21(32)30-18)23(25,26)27/h3-6,9-12H,7-8H2,1-2H3,(H,29,34). The number of furan rings is 1. The highest BCUT2D eigenvalue weighted by Gasteiger charge is 2.36. The smallest absolute Gasteiger partial charge is 0.420 e. The number of rotatable bonds is 6. The van der Waals surface area contributed by atoms with Crippen LogP contribution in [0.15, 0.2) is 53.6 Å². The number of carbonyl (C=O) groups is 2. The SMILES string of the molecule is CC(=O)N(CCNC(=O)c1nc2c(C(F)(F)F)cc(-c3ccoc3)cn2c1Cl)c1ncccc1C. The Morgan fingerprint density at radius 1 is 1.26 bits per heavy atom. The first-order valence-electron chi connectivity index (χ1n) is 10.4. The Morgan fingerprint density at radius 3 is 2.66 bits per heavy atom. The maximum absolute atomic E-state index is 13.8. The molecule has 0 aliphatic carbocycles. The van der Waals surface area contributed by atoms with Crippen LogP contribution < -0.4 is 10.2 Å². The summed E-state index contributed by atoms with van der Waals surface area (Å²) in [6.07, 6.45) is 0.778. The molecule has 4 aromatic heterocycles. The molecule has 0 fully saturated rings. The minimum absolute atomic E-state index is 0.00890. The number of hydrogen-bond donors (Lipinski definition) is 1. The van der Waals surface area contributed by atoms with Gasteiger partial charge in [0, 0.05) is 43.5 Å². The zero-order chi connectivity index (χ0) is 25.3. The molecule has 0 atom stereocenters. The van der Waals surface area contributed by atoms with Crippen LogP contribution in [-0.4, -0.2) is 39.3 Å². The number of anilines is 1. The molecule has 0 saturated carbocycles. The van der Waals surface area contributed by atoms with Gasteiger partial charge < -0.3 is 9.73 Å². The first kappa shape index (κ1) is 24.3. The number of halogens is 4. The highest BCUT2D eigenvalue weighted by Crippen LogP contribution is 2.37. The second-order valence-electron chi connectivity index (χ2n) is 7.67. The number of fused-ring (bicyclic) bond motifs is 1. The number of carbonyl (C=O) groups excluding carboxylic acids is 2. The number of amides is 2. The van der Waals surface area contributed by atoms with Gasteiger partial charge in [0.15, 0.2) is 11.3 Å². The topological polar surface area (TPSA) is 92.7 Å². The van der Waals surface area contributed by atoms with Gasteiger partial charge in [0.1, 0.15) is 11.0 Å². The third-order valence-electron chi connectivity index (χ3n) is 5.28. The van der Waals surface area contributed by atoms with E-state index in [1.54, 1.807) is 25.3 Å². The quantitative estimate of drug-likeness (QED) is 0.408. The molecule has 4 aromatic rings. The van der Waals surface area contributed by atoms with Gasteiger partial charge in [-0.25, -0.2) is 9.97 Å². The molecule has 4 heterocycles. The average molecular weight is 506 g/mol. The van der Waals surface area contributed by atoms with E-state index >= 15 is 0 Å². The lowest BCUT2D eigenvalue weighted by Crippen LogP contribution is -2.38. The van der Waals surface area contributed by atoms with Crippen LogP contribution in [0.1, 0.15) is 28.5 Å². The van der Waals surface area contributed by atoms with Crippen LogP contribution in [0, 0.1) is 6.92 Å². The summed E-state index contributed by atoms with van der Waals surface area (Å²) in [5.41, 5.74) is -0.565. The van der Waals surface area contributed by atoms with Gasteiger partial charge in [0.25, 0.3) is 5.91 Å². The van der Waals surface area contributed by atoms with Crippen LogP contribution in [0.5, 0.6) is 0 Å². The Kier molecular flexibility index (Phi) is 6.53. The van der Waals surface area contributed by atoms with Crippen molar-refractivity contribution < 1.29 is 27.2 Å². The van der Waals surface area contributed by atoms with Crippen LogP contribution in [-0.2, 0) is 11.0 Å². The number of nitrogens with one attached hydrogen (secondary N) is 1. The predicted molar refractivity (Wildman–Crippen MR) is 122 cm³/mol. The zero-order valence-corrected chi connectivity index (χ0v) is 19.3. The Labute approximate surface area is 202 Å². The van der Waals surface area contributed by atoms with Gasteiger partial charge in [-0.15, -0.1) is 0 Å². The Hall–Kier alpha value is -3.86. The molecule has 0 spiro atoms. The van der Waals surface area contributed by atoms with Crippen molar-refractivity contribution in [1.29, 1.82) is 0 Å².